The molecule has 0 aromatic heterocycles. The molecular formula is C15H18Cl2N2O3. The fraction of sp³-hybridized carbons (Fsp3) is 0.467. The van der Waals surface area contributed by atoms with Crippen LogP contribution in [0.2, 0.25) is 10.0 Å². The molecule has 1 heterocycles. The fourth-order valence-corrected chi connectivity index (χ4v) is 2.85. The molecule has 120 valence electrons. The summed E-state index contributed by atoms with van der Waals surface area (Å²) in [7, 11) is 0. The van der Waals surface area contributed by atoms with Crippen molar-refractivity contribution in [3.63, 3.8) is 0 Å². The number of hydrogen-bond acceptors (Lipinski definition) is 3. The zero-order valence-electron chi connectivity index (χ0n) is 12.3. The van der Waals surface area contributed by atoms with Gasteiger partial charge in [0.1, 0.15) is 6.10 Å². The average Bonchev–Trinajstić information content (AvgIpc) is 2.98. The first-order valence-corrected chi connectivity index (χ1v) is 7.87. The van der Waals surface area contributed by atoms with Gasteiger partial charge in [0.2, 0.25) is 11.8 Å². The number of nitrogens with one attached hydrogen (secondary N) is 1. The molecule has 0 saturated carbocycles. The summed E-state index contributed by atoms with van der Waals surface area (Å²) in [5.41, 5.74) is 0.574. The molecular weight excluding hydrogens is 327 g/mol. The molecule has 0 bridgehead atoms. The third-order valence-electron chi connectivity index (χ3n) is 3.44. The molecule has 1 fully saturated rings. The number of nitrogens with zero attached hydrogens (tertiary/aromatic N) is 1. The van der Waals surface area contributed by atoms with Crippen molar-refractivity contribution in [2.24, 2.45) is 0 Å². The molecule has 5 nitrogen and oxygen atoms in total. The number of halogens is 2. The summed E-state index contributed by atoms with van der Waals surface area (Å²) < 4.78 is 5.31. The Labute approximate surface area is 139 Å². The van der Waals surface area contributed by atoms with Crippen LogP contribution in [-0.4, -0.2) is 37.6 Å². The summed E-state index contributed by atoms with van der Waals surface area (Å²) >= 11 is 12.0. The van der Waals surface area contributed by atoms with Crippen LogP contribution in [0.1, 0.15) is 19.8 Å². The Morgan fingerprint density at radius 2 is 2.18 bits per heavy atom. The normalized spacial score (nSPS) is 17.3. The minimum Gasteiger partial charge on any atom is -0.368 e. The lowest BCUT2D eigenvalue weighted by Gasteiger charge is -2.23. The molecule has 2 rings (SSSR count). The van der Waals surface area contributed by atoms with E-state index < -0.39 is 0 Å². The van der Waals surface area contributed by atoms with Gasteiger partial charge in [-0.25, -0.2) is 0 Å². The second kappa shape index (κ2) is 7.81. The number of benzene rings is 1. The minimum absolute atomic E-state index is 0.136. The van der Waals surface area contributed by atoms with E-state index in [1.54, 1.807) is 18.2 Å². The zero-order chi connectivity index (χ0) is 16.1. The first-order chi connectivity index (χ1) is 10.5. The lowest BCUT2D eigenvalue weighted by atomic mass is 10.2. The summed E-state index contributed by atoms with van der Waals surface area (Å²) in [5.74, 6) is -0.293. The lowest BCUT2D eigenvalue weighted by Crippen LogP contribution is -2.41. The Hall–Kier alpha value is -1.30. The summed E-state index contributed by atoms with van der Waals surface area (Å²) in [6.45, 7) is 2.73. The average molecular weight is 345 g/mol. The Morgan fingerprint density at radius 3 is 2.77 bits per heavy atom. The van der Waals surface area contributed by atoms with E-state index in [2.05, 4.69) is 5.32 Å². The summed E-state index contributed by atoms with van der Waals surface area (Å²) in [6.07, 6.45) is 1.27. The van der Waals surface area contributed by atoms with Crippen LogP contribution in [0.4, 0.5) is 5.69 Å². The first-order valence-electron chi connectivity index (χ1n) is 7.11. The van der Waals surface area contributed by atoms with Crippen LogP contribution in [0.25, 0.3) is 0 Å². The second-order valence-electron chi connectivity index (χ2n) is 5.06. The predicted octanol–water partition coefficient (Wildman–Crippen LogP) is 2.64. The highest BCUT2D eigenvalue weighted by atomic mass is 35.5. The summed E-state index contributed by atoms with van der Waals surface area (Å²) in [5, 5.41) is 3.68. The van der Waals surface area contributed by atoms with Gasteiger partial charge < -0.3 is 15.0 Å². The molecule has 1 aliphatic heterocycles. The quantitative estimate of drug-likeness (QED) is 0.893. The van der Waals surface area contributed by atoms with Crippen LogP contribution in [0.15, 0.2) is 18.2 Å². The van der Waals surface area contributed by atoms with E-state index in [-0.39, 0.29) is 17.9 Å². The number of ether oxygens (including phenoxy) is 1. The van der Waals surface area contributed by atoms with Crippen molar-refractivity contribution in [1.82, 2.24) is 5.32 Å². The topological polar surface area (TPSA) is 58.6 Å². The number of carbonyl (C=O) groups excluding carboxylic acids is 2. The molecule has 0 radical (unpaired) electrons. The third kappa shape index (κ3) is 4.35. The van der Waals surface area contributed by atoms with Crippen molar-refractivity contribution in [3.05, 3.63) is 28.2 Å². The molecule has 0 spiro atoms. The van der Waals surface area contributed by atoms with Crippen LogP contribution >= 0.6 is 23.2 Å². The molecule has 1 N–H and O–H groups in total. The molecule has 1 aliphatic rings. The van der Waals surface area contributed by atoms with Crippen molar-refractivity contribution in [1.29, 1.82) is 0 Å². The minimum atomic E-state index is -0.370. The third-order valence-corrected chi connectivity index (χ3v) is 3.98. The molecule has 2 amide bonds. The molecule has 22 heavy (non-hydrogen) atoms. The van der Waals surface area contributed by atoms with Crippen LogP contribution in [0.3, 0.4) is 0 Å². The molecule has 1 aromatic carbocycles. The Morgan fingerprint density at radius 1 is 1.41 bits per heavy atom. The molecule has 0 aliphatic carbocycles. The Balaban J connectivity index is 1.94. The van der Waals surface area contributed by atoms with Crippen molar-refractivity contribution in [2.45, 2.75) is 25.9 Å². The Bertz CT molecular complexity index is 560. The lowest BCUT2D eigenvalue weighted by molar-refractivity contribution is -0.130. The number of amides is 2. The van der Waals surface area contributed by atoms with Crippen LogP contribution in [0.5, 0.6) is 0 Å². The van der Waals surface area contributed by atoms with Gasteiger partial charge in [-0.2, -0.15) is 0 Å². The number of hydrogen-bond donors (Lipinski definition) is 1. The van der Waals surface area contributed by atoms with Crippen LogP contribution in [-0.2, 0) is 14.3 Å². The van der Waals surface area contributed by atoms with E-state index in [1.165, 1.54) is 11.8 Å². The van der Waals surface area contributed by atoms with E-state index in [4.69, 9.17) is 27.9 Å². The van der Waals surface area contributed by atoms with Crippen molar-refractivity contribution in [2.75, 3.05) is 24.6 Å². The molecule has 1 aromatic rings. The largest absolute Gasteiger partial charge is 0.368 e. The van der Waals surface area contributed by atoms with Gasteiger partial charge >= 0.3 is 0 Å². The van der Waals surface area contributed by atoms with E-state index in [0.717, 1.165) is 12.8 Å². The van der Waals surface area contributed by atoms with Crippen molar-refractivity contribution >= 4 is 40.7 Å². The monoisotopic (exact) mass is 344 g/mol. The number of rotatable bonds is 5. The maximum atomic E-state index is 11.9. The first kappa shape index (κ1) is 17.1. The molecule has 1 atom stereocenters. The maximum absolute atomic E-state index is 11.9. The predicted molar refractivity (Wildman–Crippen MR) is 86.5 cm³/mol. The van der Waals surface area contributed by atoms with Gasteiger partial charge in [-0.15, -0.1) is 0 Å². The van der Waals surface area contributed by atoms with Gasteiger partial charge in [0.05, 0.1) is 10.7 Å². The molecule has 7 heteroatoms. The van der Waals surface area contributed by atoms with Gasteiger partial charge in [-0.3, -0.25) is 9.59 Å². The number of carbonyl (C=O) groups is 2. The Kier molecular flexibility index (Phi) is 6.06. The molecule has 1 unspecified atom stereocenters. The van der Waals surface area contributed by atoms with Crippen molar-refractivity contribution < 1.29 is 14.3 Å². The van der Waals surface area contributed by atoms with Gasteiger partial charge in [0.25, 0.3) is 0 Å². The second-order valence-corrected chi connectivity index (χ2v) is 5.90. The van der Waals surface area contributed by atoms with Gasteiger partial charge in [0, 0.05) is 31.6 Å². The van der Waals surface area contributed by atoms with Crippen molar-refractivity contribution in [3.8, 4) is 0 Å². The van der Waals surface area contributed by atoms with E-state index in [1.807, 2.05) is 0 Å². The smallest absolute Gasteiger partial charge is 0.249 e. The standard InChI is InChI=1S/C15H18Cl2N2O3/c1-10(20)19(13-5-4-11(16)9-12(13)17)7-6-18-15(21)14-3-2-8-22-14/h4-5,9,14H,2-3,6-8H2,1H3,(H,18,21). The van der Waals surface area contributed by atoms with E-state index >= 15 is 0 Å². The molecule has 1 saturated heterocycles. The van der Waals surface area contributed by atoms with E-state index in [9.17, 15) is 9.59 Å². The van der Waals surface area contributed by atoms with Gasteiger partial charge in [-0.05, 0) is 31.0 Å². The highest BCUT2D eigenvalue weighted by Crippen LogP contribution is 2.28. The maximum Gasteiger partial charge on any atom is 0.249 e. The van der Waals surface area contributed by atoms with Gasteiger partial charge in [0.15, 0.2) is 0 Å². The highest BCUT2D eigenvalue weighted by molar-refractivity contribution is 6.36. The van der Waals surface area contributed by atoms with Crippen LogP contribution < -0.4 is 10.2 Å². The SMILES string of the molecule is CC(=O)N(CCNC(=O)C1CCCO1)c1ccc(Cl)cc1Cl. The zero-order valence-corrected chi connectivity index (χ0v) is 13.8. The summed E-state index contributed by atoms with van der Waals surface area (Å²) in [6, 6.07) is 4.94. The highest BCUT2D eigenvalue weighted by Gasteiger charge is 2.23. The summed E-state index contributed by atoms with van der Waals surface area (Å²) in [4.78, 5) is 25.2. The van der Waals surface area contributed by atoms with E-state index in [0.29, 0.717) is 35.4 Å². The number of anilines is 1. The van der Waals surface area contributed by atoms with Crippen LogP contribution in [0, 0.1) is 0 Å². The fourth-order valence-electron chi connectivity index (χ4n) is 2.34. The van der Waals surface area contributed by atoms with Gasteiger partial charge in [-0.1, -0.05) is 23.2 Å².